The van der Waals surface area contributed by atoms with Crippen molar-refractivity contribution in [2.45, 2.75) is 32.0 Å². The molecule has 136 valence electrons. The van der Waals surface area contributed by atoms with Gasteiger partial charge in [-0.15, -0.1) is 0 Å². The van der Waals surface area contributed by atoms with Crippen molar-refractivity contribution in [3.8, 4) is 0 Å². The van der Waals surface area contributed by atoms with E-state index >= 15 is 0 Å². The number of aliphatic hydroxyl groups excluding tert-OH is 1. The second-order valence-corrected chi connectivity index (χ2v) is 5.14. The summed E-state index contributed by atoms with van der Waals surface area (Å²) in [7, 11) is 0. The third-order valence-corrected chi connectivity index (χ3v) is 3.29. The van der Waals surface area contributed by atoms with Crippen LogP contribution in [0.3, 0.4) is 0 Å². The summed E-state index contributed by atoms with van der Waals surface area (Å²) in [6.07, 6.45) is -4.46. The molecule has 0 aliphatic carbocycles. The SMILES string of the molecule is CCOCCCCNC(=O)NCC(O)c1ccccc1C(F)(F)F. The average Bonchev–Trinajstić information content (AvgIpc) is 2.55. The Morgan fingerprint density at radius 3 is 2.62 bits per heavy atom. The molecule has 8 heteroatoms. The molecule has 0 bridgehead atoms. The number of aliphatic hydroxyl groups is 1. The largest absolute Gasteiger partial charge is 0.416 e. The molecule has 0 aliphatic heterocycles. The lowest BCUT2D eigenvalue weighted by Crippen LogP contribution is -2.38. The fraction of sp³-hybridized carbons (Fsp3) is 0.562. The number of urea groups is 1. The Bertz CT molecular complexity index is 510. The zero-order valence-corrected chi connectivity index (χ0v) is 13.5. The highest BCUT2D eigenvalue weighted by atomic mass is 19.4. The van der Waals surface area contributed by atoms with E-state index in [0.29, 0.717) is 19.8 Å². The summed E-state index contributed by atoms with van der Waals surface area (Å²) in [6.45, 7) is 3.28. The van der Waals surface area contributed by atoms with E-state index < -0.39 is 23.9 Å². The number of rotatable bonds is 9. The summed E-state index contributed by atoms with van der Waals surface area (Å²) in [5.74, 6) is 0. The Labute approximate surface area is 139 Å². The van der Waals surface area contributed by atoms with Crippen LogP contribution in [0.25, 0.3) is 0 Å². The molecule has 1 aromatic carbocycles. The molecule has 0 aromatic heterocycles. The van der Waals surface area contributed by atoms with Gasteiger partial charge in [0.15, 0.2) is 0 Å². The van der Waals surface area contributed by atoms with Crippen LogP contribution in [0.15, 0.2) is 24.3 Å². The van der Waals surface area contributed by atoms with Gasteiger partial charge >= 0.3 is 12.2 Å². The average molecular weight is 348 g/mol. The van der Waals surface area contributed by atoms with E-state index in [-0.39, 0.29) is 12.1 Å². The van der Waals surface area contributed by atoms with Gasteiger partial charge in [-0.2, -0.15) is 13.2 Å². The molecular formula is C16H23F3N2O3. The normalized spacial score (nSPS) is 12.7. The minimum Gasteiger partial charge on any atom is -0.387 e. The number of carbonyl (C=O) groups is 1. The van der Waals surface area contributed by atoms with Crippen molar-refractivity contribution in [1.82, 2.24) is 10.6 Å². The maximum Gasteiger partial charge on any atom is 0.416 e. The molecule has 0 heterocycles. The fourth-order valence-corrected chi connectivity index (χ4v) is 2.08. The zero-order valence-electron chi connectivity index (χ0n) is 13.5. The highest BCUT2D eigenvalue weighted by Gasteiger charge is 2.34. The molecule has 3 N–H and O–H groups in total. The second kappa shape index (κ2) is 10.1. The minimum absolute atomic E-state index is 0.262. The topological polar surface area (TPSA) is 70.6 Å². The van der Waals surface area contributed by atoms with Gasteiger partial charge in [-0.1, -0.05) is 18.2 Å². The summed E-state index contributed by atoms with van der Waals surface area (Å²) in [6, 6.07) is 4.22. The van der Waals surface area contributed by atoms with Gasteiger partial charge in [-0.3, -0.25) is 0 Å². The van der Waals surface area contributed by atoms with Crippen molar-refractivity contribution in [3.63, 3.8) is 0 Å². The summed E-state index contributed by atoms with van der Waals surface area (Å²) < 4.78 is 43.8. The first-order valence-corrected chi connectivity index (χ1v) is 7.80. The standard InChI is InChI=1S/C16H23F3N2O3/c1-2-24-10-6-5-9-20-15(23)21-11-14(22)12-7-3-4-8-13(12)16(17,18)19/h3-4,7-8,14,22H,2,5-6,9-11H2,1H3,(H2,20,21,23). The zero-order chi connectivity index (χ0) is 18.0. The van der Waals surface area contributed by atoms with Crippen LogP contribution in [0, 0.1) is 0 Å². The number of benzene rings is 1. The van der Waals surface area contributed by atoms with Crippen molar-refractivity contribution < 1.29 is 27.8 Å². The number of carbonyl (C=O) groups excluding carboxylic acids is 1. The molecule has 1 unspecified atom stereocenters. The molecule has 0 saturated heterocycles. The third kappa shape index (κ3) is 7.18. The number of alkyl halides is 3. The first kappa shape index (κ1) is 20.2. The van der Waals surface area contributed by atoms with Gasteiger partial charge in [-0.05, 0) is 31.4 Å². The first-order chi connectivity index (χ1) is 11.4. The van der Waals surface area contributed by atoms with Gasteiger partial charge in [0.1, 0.15) is 0 Å². The van der Waals surface area contributed by atoms with Crippen LogP contribution in [0.5, 0.6) is 0 Å². The van der Waals surface area contributed by atoms with Gasteiger partial charge in [0, 0.05) is 26.3 Å². The Balaban J connectivity index is 2.38. The predicted molar refractivity (Wildman–Crippen MR) is 83.5 cm³/mol. The number of nitrogens with one attached hydrogen (secondary N) is 2. The van der Waals surface area contributed by atoms with Crippen LogP contribution in [-0.2, 0) is 10.9 Å². The number of amides is 2. The summed E-state index contributed by atoms with van der Waals surface area (Å²) >= 11 is 0. The molecule has 5 nitrogen and oxygen atoms in total. The molecule has 1 atom stereocenters. The Hall–Kier alpha value is -1.80. The van der Waals surface area contributed by atoms with Crippen LogP contribution < -0.4 is 10.6 Å². The van der Waals surface area contributed by atoms with Gasteiger partial charge in [-0.25, -0.2) is 4.79 Å². The molecule has 2 amide bonds. The lowest BCUT2D eigenvalue weighted by atomic mass is 10.0. The van der Waals surface area contributed by atoms with Crippen LogP contribution in [0.2, 0.25) is 0 Å². The van der Waals surface area contributed by atoms with Gasteiger partial charge in [0.2, 0.25) is 0 Å². The monoisotopic (exact) mass is 348 g/mol. The predicted octanol–water partition coefficient (Wildman–Crippen LogP) is 2.85. The molecule has 0 aliphatic rings. The maximum atomic E-state index is 12.9. The Morgan fingerprint density at radius 1 is 1.25 bits per heavy atom. The number of halogens is 3. The molecular weight excluding hydrogens is 325 g/mol. The summed E-state index contributed by atoms with van der Waals surface area (Å²) in [5.41, 5.74) is -1.17. The van der Waals surface area contributed by atoms with E-state index in [2.05, 4.69) is 10.6 Å². The maximum absolute atomic E-state index is 12.9. The molecule has 0 fully saturated rings. The van der Waals surface area contributed by atoms with Crippen molar-refractivity contribution in [1.29, 1.82) is 0 Å². The number of ether oxygens (including phenoxy) is 1. The van der Waals surface area contributed by atoms with Gasteiger partial charge in [0.05, 0.1) is 11.7 Å². The van der Waals surface area contributed by atoms with E-state index in [9.17, 15) is 23.1 Å². The van der Waals surface area contributed by atoms with E-state index in [1.54, 1.807) is 0 Å². The van der Waals surface area contributed by atoms with Gasteiger partial charge < -0.3 is 20.5 Å². The number of hydrogen-bond acceptors (Lipinski definition) is 3. The van der Waals surface area contributed by atoms with Crippen molar-refractivity contribution in [3.05, 3.63) is 35.4 Å². The lowest BCUT2D eigenvalue weighted by Gasteiger charge is -2.18. The lowest BCUT2D eigenvalue weighted by molar-refractivity contribution is -0.139. The van der Waals surface area contributed by atoms with Crippen LogP contribution in [0.1, 0.15) is 37.0 Å². The third-order valence-electron chi connectivity index (χ3n) is 3.29. The van der Waals surface area contributed by atoms with Crippen molar-refractivity contribution in [2.75, 3.05) is 26.3 Å². The minimum atomic E-state index is -4.56. The molecule has 0 saturated carbocycles. The van der Waals surface area contributed by atoms with Crippen LogP contribution >= 0.6 is 0 Å². The highest BCUT2D eigenvalue weighted by molar-refractivity contribution is 5.73. The van der Waals surface area contributed by atoms with Crippen LogP contribution in [-0.4, -0.2) is 37.4 Å². The summed E-state index contributed by atoms with van der Waals surface area (Å²) in [5, 5.41) is 14.9. The Kier molecular flexibility index (Phi) is 8.56. The van der Waals surface area contributed by atoms with E-state index in [0.717, 1.165) is 18.9 Å². The second-order valence-electron chi connectivity index (χ2n) is 5.14. The quantitative estimate of drug-likeness (QED) is 0.601. The molecule has 0 spiro atoms. The van der Waals surface area contributed by atoms with E-state index in [4.69, 9.17) is 4.74 Å². The van der Waals surface area contributed by atoms with Crippen molar-refractivity contribution in [2.24, 2.45) is 0 Å². The Morgan fingerprint density at radius 2 is 1.96 bits per heavy atom. The van der Waals surface area contributed by atoms with E-state index in [1.165, 1.54) is 18.2 Å². The van der Waals surface area contributed by atoms with E-state index in [1.807, 2.05) is 6.92 Å². The smallest absolute Gasteiger partial charge is 0.387 e. The molecule has 1 aromatic rings. The number of hydrogen-bond donors (Lipinski definition) is 3. The first-order valence-electron chi connectivity index (χ1n) is 7.80. The highest BCUT2D eigenvalue weighted by Crippen LogP contribution is 2.34. The fourth-order valence-electron chi connectivity index (χ4n) is 2.08. The van der Waals surface area contributed by atoms with Gasteiger partial charge in [0.25, 0.3) is 0 Å². The van der Waals surface area contributed by atoms with Crippen LogP contribution in [0.4, 0.5) is 18.0 Å². The molecule has 0 radical (unpaired) electrons. The summed E-state index contributed by atoms with van der Waals surface area (Å²) in [4.78, 5) is 11.6. The van der Waals surface area contributed by atoms with Crippen molar-refractivity contribution >= 4 is 6.03 Å². The molecule has 1 rings (SSSR count). The number of unbranched alkanes of at least 4 members (excludes halogenated alkanes) is 1. The molecule has 24 heavy (non-hydrogen) atoms.